The van der Waals surface area contributed by atoms with E-state index in [4.69, 9.17) is 5.73 Å². The smallest absolute Gasteiger partial charge is 0.143 e. The highest BCUT2D eigenvalue weighted by Crippen LogP contribution is 2.32. The number of rotatable bonds is 6. The number of carbonyl (C=O) groups excluding carboxylic acids is 1. The lowest BCUT2D eigenvalue weighted by Gasteiger charge is -1.97. The van der Waals surface area contributed by atoms with Gasteiger partial charge in [-0.25, -0.2) is 0 Å². The molecular formula is C8H15NOS. The summed E-state index contributed by atoms with van der Waals surface area (Å²) in [5.74, 6) is 2.73. The average molecular weight is 173 g/mol. The van der Waals surface area contributed by atoms with Crippen molar-refractivity contribution in [3.05, 3.63) is 0 Å². The SMILES string of the molecule is NCCSCC(=O)CC1CC1. The fourth-order valence-corrected chi connectivity index (χ4v) is 1.63. The summed E-state index contributed by atoms with van der Waals surface area (Å²) >= 11 is 1.66. The molecule has 0 saturated heterocycles. The Bertz CT molecular complexity index is 134. The van der Waals surface area contributed by atoms with E-state index in [1.807, 2.05) is 0 Å². The molecule has 0 spiro atoms. The van der Waals surface area contributed by atoms with E-state index in [1.54, 1.807) is 11.8 Å². The lowest BCUT2D eigenvalue weighted by atomic mass is 10.2. The van der Waals surface area contributed by atoms with Crippen molar-refractivity contribution in [1.29, 1.82) is 0 Å². The zero-order valence-electron chi connectivity index (χ0n) is 6.71. The Labute approximate surface area is 71.9 Å². The van der Waals surface area contributed by atoms with Crippen LogP contribution in [-0.2, 0) is 4.79 Å². The second-order valence-electron chi connectivity index (χ2n) is 3.03. The molecule has 1 rings (SSSR count). The maximum atomic E-state index is 11.1. The summed E-state index contributed by atoms with van der Waals surface area (Å²) in [6.07, 6.45) is 3.36. The van der Waals surface area contributed by atoms with E-state index in [2.05, 4.69) is 0 Å². The van der Waals surface area contributed by atoms with Crippen LogP contribution in [0.2, 0.25) is 0 Å². The largest absolute Gasteiger partial charge is 0.330 e. The van der Waals surface area contributed by atoms with Crippen LogP contribution in [0.15, 0.2) is 0 Å². The van der Waals surface area contributed by atoms with Gasteiger partial charge in [0.2, 0.25) is 0 Å². The van der Waals surface area contributed by atoms with Crippen molar-refractivity contribution < 1.29 is 4.79 Å². The van der Waals surface area contributed by atoms with Crippen LogP contribution in [0.1, 0.15) is 19.3 Å². The summed E-state index contributed by atoms with van der Waals surface area (Å²) in [6.45, 7) is 0.682. The number of hydrogen-bond acceptors (Lipinski definition) is 3. The molecule has 1 fully saturated rings. The molecule has 0 radical (unpaired) electrons. The lowest BCUT2D eigenvalue weighted by Crippen LogP contribution is -2.07. The molecule has 1 saturated carbocycles. The molecule has 0 atom stereocenters. The van der Waals surface area contributed by atoms with Crippen molar-refractivity contribution >= 4 is 17.5 Å². The summed E-state index contributed by atoms with van der Waals surface area (Å²) in [5, 5.41) is 0. The van der Waals surface area contributed by atoms with E-state index in [9.17, 15) is 4.79 Å². The van der Waals surface area contributed by atoms with Crippen molar-refractivity contribution in [2.24, 2.45) is 11.7 Å². The van der Waals surface area contributed by atoms with Gasteiger partial charge in [0.05, 0.1) is 5.75 Å². The van der Waals surface area contributed by atoms with E-state index in [0.29, 0.717) is 18.1 Å². The predicted molar refractivity (Wildman–Crippen MR) is 48.7 cm³/mol. The van der Waals surface area contributed by atoms with Crippen LogP contribution in [0.5, 0.6) is 0 Å². The van der Waals surface area contributed by atoms with Crippen molar-refractivity contribution in [2.75, 3.05) is 18.1 Å². The number of ketones is 1. The van der Waals surface area contributed by atoms with Gasteiger partial charge < -0.3 is 5.73 Å². The lowest BCUT2D eigenvalue weighted by molar-refractivity contribution is -0.116. The second-order valence-corrected chi connectivity index (χ2v) is 4.13. The summed E-state index contributed by atoms with van der Waals surface area (Å²) in [5.41, 5.74) is 5.30. The molecule has 11 heavy (non-hydrogen) atoms. The van der Waals surface area contributed by atoms with E-state index in [0.717, 1.165) is 18.1 Å². The van der Waals surface area contributed by atoms with E-state index in [-0.39, 0.29) is 0 Å². The van der Waals surface area contributed by atoms with E-state index in [1.165, 1.54) is 12.8 Å². The third-order valence-corrected chi connectivity index (χ3v) is 2.79. The number of nitrogens with two attached hydrogens (primary N) is 1. The Hall–Kier alpha value is -0.0200. The molecule has 2 N–H and O–H groups in total. The quantitative estimate of drug-likeness (QED) is 0.610. The molecule has 64 valence electrons. The molecule has 0 aromatic carbocycles. The molecule has 3 heteroatoms. The van der Waals surface area contributed by atoms with Crippen LogP contribution in [0, 0.1) is 5.92 Å². The molecular weight excluding hydrogens is 158 g/mol. The fraction of sp³-hybridized carbons (Fsp3) is 0.875. The van der Waals surface area contributed by atoms with Crippen LogP contribution in [-0.4, -0.2) is 23.8 Å². The average Bonchev–Trinajstić information content (AvgIpc) is 2.72. The van der Waals surface area contributed by atoms with Crippen molar-refractivity contribution in [3.63, 3.8) is 0 Å². The second kappa shape index (κ2) is 4.78. The molecule has 0 aliphatic heterocycles. The van der Waals surface area contributed by atoms with Gasteiger partial charge in [-0.1, -0.05) is 0 Å². The fourth-order valence-electron chi connectivity index (χ4n) is 0.972. The first-order valence-electron chi connectivity index (χ1n) is 4.12. The zero-order valence-corrected chi connectivity index (χ0v) is 7.53. The minimum Gasteiger partial charge on any atom is -0.330 e. The minimum atomic E-state index is 0.408. The highest BCUT2D eigenvalue weighted by Gasteiger charge is 2.23. The maximum Gasteiger partial charge on any atom is 0.143 e. The van der Waals surface area contributed by atoms with Gasteiger partial charge in [0.15, 0.2) is 0 Å². The highest BCUT2D eigenvalue weighted by atomic mass is 32.2. The van der Waals surface area contributed by atoms with Crippen LogP contribution < -0.4 is 5.73 Å². The Morgan fingerprint density at radius 2 is 2.27 bits per heavy atom. The summed E-state index contributed by atoms with van der Waals surface area (Å²) in [6, 6.07) is 0. The van der Waals surface area contributed by atoms with Crippen LogP contribution >= 0.6 is 11.8 Å². The van der Waals surface area contributed by atoms with E-state index >= 15 is 0 Å². The van der Waals surface area contributed by atoms with Crippen LogP contribution in [0.25, 0.3) is 0 Å². The molecule has 1 aliphatic rings. The van der Waals surface area contributed by atoms with Gasteiger partial charge in [-0.2, -0.15) is 11.8 Å². The first kappa shape index (κ1) is 9.07. The molecule has 0 bridgehead atoms. The Morgan fingerprint density at radius 1 is 1.55 bits per heavy atom. The molecule has 0 amide bonds. The number of carbonyl (C=O) groups is 1. The first-order valence-corrected chi connectivity index (χ1v) is 5.28. The van der Waals surface area contributed by atoms with Crippen molar-refractivity contribution in [1.82, 2.24) is 0 Å². The Kier molecular flexibility index (Phi) is 3.94. The molecule has 0 aromatic heterocycles. The topological polar surface area (TPSA) is 43.1 Å². The van der Waals surface area contributed by atoms with Gasteiger partial charge in [0, 0.05) is 18.7 Å². The third-order valence-electron chi connectivity index (χ3n) is 1.74. The van der Waals surface area contributed by atoms with Gasteiger partial charge in [-0.05, 0) is 18.8 Å². The molecule has 0 unspecified atom stereocenters. The standard InChI is InChI=1S/C8H15NOS/c9-3-4-11-6-8(10)5-7-1-2-7/h7H,1-6,9H2. The van der Waals surface area contributed by atoms with Crippen LogP contribution in [0.3, 0.4) is 0 Å². The number of hydrogen-bond donors (Lipinski definition) is 1. The summed E-state index contributed by atoms with van der Waals surface area (Å²) in [4.78, 5) is 11.1. The first-order chi connectivity index (χ1) is 5.33. The van der Waals surface area contributed by atoms with Crippen molar-refractivity contribution in [2.45, 2.75) is 19.3 Å². The van der Waals surface area contributed by atoms with Gasteiger partial charge in [0.25, 0.3) is 0 Å². The number of Topliss-reactive ketones (excluding diaryl/α,β-unsaturated/α-hetero) is 1. The third kappa shape index (κ3) is 4.43. The van der Waals surface area contributed by atoms with Gasteiger partial charge in [0.1, 0.15) is 5.78 Å². The van der Waals surface area contributed by atoms with Gasteiger partial charge in [-0.3, -0.25) is 4.79 Å². The monoisotopic (exact) mass is 173 g/mol. The zero-order chi connectivity index (χ0) is 8.10. The minimum absolute atomic E-state index is 0.408. The highest BCUT2D eigenvalue weighted by molar-refractivity contribution is 7.99. The maximum absolute atomic E-state index is 11.1. The number of thioether (sulfide) groups is 1. The van der Waals surface area contributed by atoms with Gasteiger partial charge >= 0.3 is 0 Å². The van der Waals surface area contributed by atoms with Gasteiger partial charge in [-0.15, -0.1) is 0 Å². The van der Waals surface area contributed by atoms with E-state index < -0.39 is 0 Å². The van der Waals surface area contributed by atoms with Crippen LogP contribution in [0.4, 0.5) is 0 Å². The molecule has 0 aromatic rings. The summed E-state index contributed by atoms with van der Waals surface area (Å²) in [7, 11) is 0. The predicted octanol–water partition coefficient (Wildman–Crippen LogP) is 1.05. The van der Waals surface area contributed by atoms with Crippen molar-refractivity contribution in [3.8, 4) is 0 Å². The molecule has 0 heterocycles. The summed E-state index contributed by atoms with van der Waals surface area (Å²) < 4.78 is 0. The Morgan fingerprint density at radius 3 is 2.82 bits per heavy atom. The Balaban J connectivity index is 1.92. The molecule has 2 nitrogen and oxygen atoms in total. The normalized spacial score (nSPS) is 16.8. The molecule has 1 aliphatic carbocycles.